The van der Waals surface area contributed by atoms with E-state index in [1.54, 1.807) is 24.3 Å². The van der Waals surface area contributed by atoms with Crippen LogP contribution in [0.15, 0.2) is 30.5 Å². The van der Waals surface area contributed by atoms with Crippen LogP contribution in [-0.2, 0) is 11.3 Å². The number of carbonyl (C=O) groups is 1. The summed E-state index contributed by atoms with van der Waals surface area (Å²) in [4.78, 5) is 12.6. The largest absolute Gasteiger partial charge is 0.459 e. The molecule has 1 aromatic heterocycles. The lowest BCUT2D eigenvalue weighted by atomic mass is 10.0. The van der Waals surface area contributed by atoms with Crippen LogP contribution in [0.2, 0.25) is 0 Å². The van der Waals surface area contributed by atoms with Gasteiger partial charge >= 0.3 is 5.97 Å². The lowest BCUT2D eigenvalue weighted by molar-refractivity contribution is 0.0179. The molecule has 24 heavy (non-hydrogen) atoms. The maximum absolute atomic E-state index is 12.8. The van der Waals surface area contributed by atoms with Crippen molar-refractivity contribution >= 4 is 16.9 Å². The third-order valence-corrected chi connectivity index (χ3v) is 5.05. The highest BCUT2D eigenvalue weighted by Crippen LogP contribution is 2.30. The van der Waals surface area contributed by atoms with E-state index in [1.807, 2.05) is 0 Å². The summed E-state index contributed by atoms with van der Waals surface area (Å²) < 4.78 is 32.7. The maximum atomic E-state index is 12.8. The van der Waals surface area contributed by atoms with Crippen molar-refractivity contribution in [1.29, 1.82) is 0 Å². The second-order valence-electron chi connectivity index (χ2n) is 6.74. The zero-order valence-electron chi connectivity index (χ0n) is 13.3. The van der Waals surface area contributed by atoms with Crippen molar-refractivity contribution in [3.05, 3.63) is 36.0 Å². The van der Waals surface area contributed by atoms with Gasteiger partial charge in [0.25, 0.3) is 6.43 Å². The fourth-order valence-corrected chi connectivity index (χ4v) is 4.03. The second-order valence-corrected chi connectivity index (χ2v) is 6.74. The van der Waals surface area contributed by atoms with Crippen molar-refractivity contribution in [3.8, 4) is 0 Å². The smallest absolute Gasteiger partial charge is 0.340 e. The predicted octanol–water partition coefficient (Wildman–Crippen LogP) is 3.35. The van der Waals surface area contributed by atoms with Gasteiger partial charge in [-0.05, 0) is 31.7 Å². The minimum Gasteiger partial charge on any atom is -0.459 e. The number of aromatic nitrogens is 1. The van der Waals surface area contributed by atoms with Gasteiger partial charge in [0.2, 0.25) is 0 Å². The van der Waals surface area contributed by atoms with Gasteiger partial charge in [-0.1, -0.05) is 18.2 Å². The molecular formula is C18H20F2N2O2. The zero-order chi connectivity index (χ0) is 16.7. The maximum Gasteiger partial charge on any atom is 0.340 e. The molecule has 2 aromatic rings. The number of ether oxygens (including phenoxy) is 1. The second kappa shape index (κ2) is 6.16. The minimum absolute atomic E-state index is 0.0894. The number of benzene rings is 1. The van der Waals surface area contributed by atoms with E-state index in [1.165, 1.54) is 10.8 Å². The molecule has 0 radical (unpaired) electrons. The van der Waals surface area contributed by atoms with Crippen LogP contribution in [-0.4, -0.2) is 35.1 Å². The SMILES string of the molecule is O=C(O[C@H]1C[C@H]2CC[C@@H](C1)N2)c1cn(CC(F)F)c2ccccc12. The summed E-state index contributed by atoms with van der Waals surface area (Å²) in [5, 5.41) is 4.18. The molecule has 128 valence electrons. The number of nitrogens with one attached hydrogen (secondary N) is 1. The Bertz CT molecular complexity index is 747. The summed E-state index contributed by atoms with van der Waals surface area (Å²) in [5.74, 6) is -0.412. The highest BCUT2D eigenvalue weighted by atomic mass is 19.3. The summed E-state index contributed by atoms with van der Waals surface area (Å²) >= 11 is 0. The fraction of sp³-hybridized carbons (Fsp3) is 0.500. The number of carbonyl (C=O) groups excluding carboxylic acids is 1. The Morgan fingerprint density at radius 1 is 1.25 bits per heavy atom. The van der Waals surface area contributed by atoms with E-state index in [0.29, 0.717) is 28.6 Å². The molecule has 3 atom stereocenters. The van der Waals surface area contributed by atoms with Crippen LogP contribution in [0.25, 0.3) is 10.9 Å². The fourth-order valence-electron chi connectivity index (χ4n) is 4.03. The Kier molecular flexibility index (Phi) is 4.00. The van der Waals surface area contributed by atoms with Gasteiger partial charge in [0, 0.05) is 29.2 Å². The van der Waals surface area contributed by atoms with Crippen molar-refractivity contribution in [1.82, 2.24) is 9.88 Å². The Morgan fingerprint density at radius 3 is 2.67 bits per heavy atom. The third-order valence-electron chi connectivity index (χ3n) is 5.05. The molecule has 1 aromatic carbocycles. The van der Waals surface area contributed by atoms with Gasteiger partial charge in [0.05, 0.1) is 12.1 Å². The van der Waals surface area contributed by atoms with E-state index < -0.39 is 18.9 Å². The highest BCUT2D eigenvalue weighted by Gasteiger charge is 2.35. The van der Waals surface area contributed by atoms with Crippen LogP contribution in [0.4, 0.5) is 8.78 Å². The first-order chi connectivity index (χ1) is 11.6. The molecular weight excluding hydrogens is 314 g/mol. The number of esters is 1. The molecule has 0 aliphatic carbocycles. The summed E-state index contributed by atoms with van der Waals surface area (Å²) in [6.07, 6.45) is 2.86. The van der Waals surface area contributed by atoms with E-state index in [0.717, 1.165) is 25.7 Å². The topological polar surface area (TPSA) is 43.3 Å². The van der Waals surface area contributed by atoms with Gasteiger partial charge in [-0.2, -0.15) is 0 Å². The Hall–Kier alpha value is -1.95. The third kappa shape index (κ3) is 2.90. The number of rotatable bonds is 4. The summed E-state index contributed by atoms with van der Waals surface area (Å²) in [5.41, 5.74) is 1.01. The molecule has 2 aliphatic rings. The number of nitrogens with zero attached hydrogens (tertiary/aromatic N) is 1. The van der Waals surface area contributed by atoms with E-state index in [-0.39, 0.29) is 6.10 Å². The first-order valence-corrected chi connectivity index (χ1v) is 8.43. The molecule has 0 amide bonds. The lowest BCUT2D eigenvalue weighted by Gasteiger charge is -2.28. The van der Waals surface area contributed by atoms with Crippen LogP contribution in [0.5, 0.6) is 0 Å². The Balaban J connectivity index is 1.57. The van der Waals surface area contributed by atoms with Crippen molar-refractivity contribution in [2.45, 2.75) is 56.8 Å². The van der Waals surface area contributed by atoms with Crippen molar-refractivity contribution in [3.63, 3.8) is 0 Å². The van der Waals surface area contributed by atoms with Crippen LogP contribution >= 0.6 is 0 Å². The Morgan fingerprint density at radius 2 is 1.96 bits per heavy atom. The molecule has 2 saturated heterocycles. The molecule has 6 heteroatoms. The summed E-state index contributed by atoms with van der Waals surface area (Å²) in [6.45, 7) is -0.425. The van der Waals surface area contributed by atoms with Gasteiger partial charge in [0.1, 0.15) is 6.10 Å². The number of piperidine rings is 1. The molecule has 0 unspecified atom stereocenters. The Labute approximate surface area is 138 Å². The van der Waals surface area contributed by atoms with Gasteiger partial charge < -0.3 is 14.6 Å². The van der Waals surface area contributed by atoms with Crippen LogP contribution in [0.3, 0.4) is 0 Å². The van der Waals surface area contributed by atoms with Gasteiger partial charge in [-0.15, -0.1) is 0 Å². The van der Waals surface area contributed by atoms with E-state index in [2.05, 4.69) is 5.32 Å². The molecule has 4 rings (SSSR count). The molecule has 2 aliphatic heterocycles. The normalized spacial score (nSPS) is 26.2. The number of halogens is 2. The quantitative estimate of drug-likeness (QED) is 0.872. The van der Waals surface area contributed by atoms with Crippen molar-refractivity contribution in [2.75, 3.05) is 0 Å². The highest BCUT2D eigenvalue weighted by molar-refractivity contribution is 6.04. The molecule has 3 heterocycles. The predicted molar refractivity (Wildman–Crippen MR) is 86.3 cm³/mol. The van der Waals surface area contributed by atoms with Crippen LogP contribution in [0.1, 0.15) is 36.0 Å². The molecule has 0 spiro atoms. The number of hydrogen-bond acceptors (Lipinski definition) is 3. The number of fused-ring (bicyclic) bond motifs is 3. The summed E-state index contributed by atoms with van der Waals surface area (Å²) in [6, 6.07) is 7.98. The van der Waals surface area contributed by atoms with Gasteiger partial charge in [-0.25, -0.2) is 13.6 Å². The van der Waals surface area contributed by atoms with Crippen LogP contribution in [0, 0.1) is 0 Å². The van der Waals surface area contributed by atoms with E-state index >= 15 is 0 Å². The van der Waals surface area contributed by atoms with E-state index in [9.17, 15) is 13.6 Å². The molecule has 2 bridgehead atoms. The standard InChI is InChI=1S/C18H20F2N2O2/c19-17(20)10-22-9-15(14-3-1-2-4-16(14)22)18(23)24-13-7-11-5-6-12(8-13)21-11/h1-4,9,11-13,17,21H,5-8,10H2/t11-,12+,13+. The van der Waals surface area contributed by atoms with E-state index in [4.69, 9.17) is 4.74 Å². The first kappa shape index (κ1) is 15.6. The van der Waals surface area contributed by atoms with Crippen molar-refractivity contribution in [2.24, 2.45) is 0 Å². The minimum atomic E-state index is -2.47. The van der Waals surface area contributed by atoms with Crippen molar-refractivity contribution < 1.29 is 18.3 Å². The summed E-state index contributed by atoms with van der Waals surface area (Å²) in [7, 11) is 0. The lowest BCUT2D eigenvalue weighted by Crippen LogP contribution is -2.42. The number of hydrogen-bond donors (Lipinski definition) is 1. The van der Waals surface area contributed by atoms with Gasteiger partial charge in [-0.3, -0.25) is 0 Å². The van der Waals surface area contributed by atoms with Crippen LogP contribution < -0.4 is 5.32 Å². The van der Waals surface area contributed by atoms with Gasteiger partial charge in [0.15, 0.2) is 0 Å². The average molecular weight is 334 g/mol. The molecule has 0 saturated carbocycles. The number of alkyl halides is 2. The first-order valence-electron chi connectivity index (χ1n) is 8.43. The molecule has 4 nitrogen and oxygen atoms in total. The zero-order valence-corrected chi connectivity index (χ0v) is 13.3. The average Bonchev–Trinajstić information content (AvgIpc) is 3.08. The molecule has 1 N–H and O–H groups in total. The number of para-hydroxylation sites is 1. The monoisotopic (exact) mass is 334 g/mol. The molecule has 2 fully saturated rings.